The number of rotatable bonds is 3. The van der Waals surface area contributed by atoms with Crippen LogP contribution in [-0.4, -0.2) is 30.0 Å². The molecule has 4 heteroatoms. The summed E-state index contributed by atoms with van der Waals surface area (Å²) in [4.78, 5) is 18.8. The van der Waals surface area contributed by atoms with E-state index in [0.29, 0.717) is 11.6 Å². The van der Waals surface area contributed by atoms with Crippen molar-refractivity contribution >= 4 is 11.7 Å². The summed E-state index contributed by atoms with van der Waals surface area (Å²) in [5, 5.41) is 2.66. The third-order valence-corrected chi connectivity index (χ3v) is 5.05. The molecule has 1 saturated heterocycles. The summed E-state index contributed by atoms with van der Waals surface area (Å²) in [6.45, 7) is 3.67. The number of fused-ring (bicyclic) bond motifs is 1. The van der Waals surface area contributed by atoms with E-state index in [0.717, 1.165) is 24.2 Å². The number of nitrogens with one attached hydrogen (secondary N) is 1. The van der Waals surface area contributed by atoms with Gasteiger partial charge in [0.2, 0.25) is 0 Å². The summed E-state index contributed by atoms with van der Waals surface area (Å²) in [6, 6.07) is 4.43. The molecule has 0 spiro atoms. The molecule has 4 nitrogen and oxygen atoms in total. The molecule has 2 aliphatic rings. The fraction of sp³-hybridized carbons (Fsp3) is 0.556. The van der Waals surface area contributed by atoms with E-state index in [-0.39, 0.29) is 12.5 Å². The Morgan fingerprint density at radius 1 is 1.45 bits per heavy atom. The average molecular weight is 297 g/mol. The Kier molecular flexibility index (Phi) is 4.33. The van der Waals surface area contributed by atoms with Gasteiger partial charge in [-0.3, -0.25) is 4.79 Å². The van der Waals surface area contributed by atoms with Crippen molar-refractivity contribution < 1.29 is 4.79 Å². The zero-order chi connectivity index (χ0) is 15.5. The summed E-state index contributed by atoms with van der Waals surface area (Å²) in [7, 11) is 0. The minimum absolute atomic E-state index is 0.165. The monoisotopic (exact) mass is 297 g/mol. The van der Waals surface area contributed by atoms with Gasteiger partial charge in [-0.05, 0) is 36.8 Å². The third kappa shape index (κ3) is 2.81. The first-order chi connectivity index (χ1) is 10.7. The van der Waals surface area contributed by atoms with Crippen molar-refractivity contribution in [2.24, 2.45) is 11.8 Å². The quantitative estimate of drug-likeness (QED) is 0.872. The van der Waals surface area contributed by atoms with E-state index in [2.05, 4.69) is 28.0 Å². The van der Waals surface area contributed by atoms with Crippen LogP contribution in [0.4, 0.5) is 5.82 Å². The number of aromatic nitrogens is 1. The van der Waals surface area contributed by atoms with Crippen LogP contribution in [0.3, 0.4) is 0 Å². The highest BCUT2D eigenvalue weighted by Crippen LogP contribution is 2.41. The van der Waals surface area contributed by atoms with E-state index in [4.69, 9.17) is 6.42 Å². The van der Waals surface area contributed by atoms with Crippen LogP contribution in [0.25, 0.3) is 0 Å². The largest absolute Gasteiger partial charge is 0.353 e. The maximum atomic E-state index is 11.9. The Morgan fingerprint density at radius 2 is 2.27 bits per heavy atom. The zero-order valence-corrected chi connectivity index (χ0v) is 13.1. The Morgan fingerprint density at radius 3 is 3.00 bits per heavy atom. The van der Waals surface area contributed by atoms with E-state index in [1.165, 1.54) is 25.7 Å². The highest BCUT2D eigenvalue weighted by atomic mass is 16.1. The lowest BCUT2D eigenvalue weighted by molar-refractivity contribution is 0.0958. The van der Waals surface area contributed by atoms with Crippen LogP contribution >= 0.6 is 0 Å². The number of hydrogen-bond acceptors (Lipinski definition) is 3. The molecule has 1 amide bonds. The van der Waals surface area contributed by atoms with Crippen molar-refractivity contribution in [2.75, 3.05) is 18.0 Å². The Balaban J connectivity index is 1.73. The van der Waals surface area contributed by atoms with Crippen molar-refractivity contribution in [3.63, 3.8) is 0 Å². The molecule has 3 unspecified atom stereocenters. The van der Waals surface area contributed by atoms with Gasteiger partial charge in [0, 0.05) is 18.8 Å². The van der Waals surface area contributed by atoms with Crippen LogP contribution in [0.5, 0.6) is 0 Å². The van der Waals surface area contributed by atoms with Gasteiger partial charge in [0.1, 0.15) is 5.82 Å². The third-order valence-electron chi connectivity index (χ3n) is 5.05. The van der Waals surface area contributed by atoms with Gasteiger partial charge in [-0.25, -0.2) is 4.98 Å². The minimum atomic E-state index is -0.165. The van der Waals surface area contributed by atoms with Crippen molar-refractivity contribution in [1.29, 1.82) is 0 Å². The van der Waals surface area contributed by atoms with Crippen molar-refractivity contribution in [2.45, 2.75) is 38.6 Å². The smallest absolute Gasteiger partial charge is 0.253 e. The molecule has 1 N–H and O–H groups in total. The van der Waals surface area contributed by atoms with E-state index < -0.39 is 0 Å². The van der Waals surface area contributed by atoms with Gasteiger partial charge in [-0.15, -0.1) is 6.42 Å². The Labute approximate surface area is 132 Å². The summed E-state index contributed by atoms with van der Waals surface area (Å²) < 4.78 is 0. The molecule has 1 aliphatic heterocycles. The Hall–Kier alpha value is -2.02. The van der Waals surface area contributed by atoms with Crippen LogP contribution in [0, 0.1) is 24.2 Å². The summed E-state index contributed by atoms with van der Waals surface area (Å²) in [5.41, 5.74) is 0.562. The van der Waals surface area contributed by atoms with Gasteiger partial charge < -0.3 is 10.2 Å². The molecule has 116 valence electrons. The van der Waals surface area contributed by atoms with E-state index >= 15 is 0 Å². The SMILES string of the molecule is C#CCNC(=O)c1ccc(N2CC(C)C3CCCCC32)nc1. The number of carbonyl (C=O) groups is 1. The number of terminal acetylenes is 1. The first kappa shape index (κ1) is 14.9. The highest BCUT2D eigenvalue weighted by molar-refractivity contribution is 5.94. The molecule has 0 radical (unpaired) electrons. The molecule has 1 saturated carbocycles. The molecular formula is C18H23N3O. The molecule has 1 aromatic rings. The lowest BCUT2D eigenvalue weighted by atomic mass is 9.80. The summed E-state index contributed by atoms with van der Waals surface area (Å²) in [6.07, 6.45) is 12.1. The van der Waals surface area contributed by atoms with E-state index in [1.54, 1.807) is 6.20 Å². The molecular weight excluding hydrogens is 274 g/mol. The molecule has 0 bridgehead atoms. The van der Waals surface area contributed by atoms with E-state index in [9.17, 15) is 4.79 Å². The molecule has 1 aliphatic carbocycles. The first-order valence-electron chi connectivity index (χ1n) is 8.15. The van der Waals surface area contributed by atoms with Gasteiger partial charge in [0.05, 0.1) is 12.1 Å². The van der Waals surface area contributed by atoms with Gasteiger partial charge in [0.25, 0.3) is 5.91 Å². The predicted molar refractivity (Wildman–Crippen MR) is 87.7 cm³/mol. The molecule has 3 rings (SSSR count). The fourth-order valence-corrected chi connectivity index (χ4v) is 3.96. The predicted octanol–water partition coefficient (Wildman–Crippen LogP) is 2.46. The second-order valence-electron chi connectivity index (χ2n) is 6.44. The van der Waals surface area contributed by atoms with Crippen molar-refractivity contribution in [3.05, 3.63) is 23.9 Å². The molecule has 1 aromatic heterocycles. The topological polar surface area (TPSA) is 45.2 Å². The molecule has 2 heterocycles. The fourth-order valence-electron chi connectivity index (χ4n) is 3.96. The maximum Gasteiger partial charge on any atom is 0.253 e. The van der Waals surface area contributed by atoms with Crippen LogP contribution in [0.2, 0.25) is 0 Å². The number of amides is 1. The summed E-state index contributed by atoms with van der Waals surface area (Å²) >= 11 is 0. The van der Waals surface area contributed by atoms with E-state index in [1.807, 2.05) is 12.1 Å². The molecule has 3 atom stereocenters. The number of anilines is 1. The summed E-state index contributed by atoms with van der Waals surface area (Å²) in [5.74, 6) is 4.76. The normalized spacial score (nSPS) is 27.1. The highest BCUT2D eigenvalue weighted by Gasteiger charge is 2.40. The number of hydrogen-bond donors (Lipinski definition) is 1. The maximum absolute atomic E-state index is 11.9. The number of pyridine rings is 1. The van der Waals surface area contributed by atoms with Crippen LogP contribution in [0.15, 0.2) is 18.3 Å². The standard InChI is InChI=1S/C18H23N3O/c1-3-10-19-18(22)14-8-9-17(20-11-14)21-12-13(2)15-6-4-5-7-16(15)21/h1,8-9,11,13,15-16H,4-7,10,12H2,2H3,(H,19,22). The van der Waals surface area contributed by atoms with Crippen molar-refractivity contribution in [1.82, 2.24) is 10.3 Å². The first-order valence-corrected chi connectivity index (χ1v) is 8.15. The Bertz CT molecular complexity index is 575. The van der Waals surface area contributed by atoms with Crippen LogP contribution < -0.4 is 10.2 Å². The van der Waals surface area contributed by atoms with Gasteiger partial charge in [0.15, 0.2) is 0 Å². The molecule has 2 fully saturated rings. The lowest BCUT2D eigenvalue weighted by Crippen LogP contribution is -2.35. The van der Waals surface area contributed by atoms with Crippen LogP contribution in [0.1, 0.15) is 43.0 Å². The minimum Gasteiger partial charge on any atom is -0.353 e. The van der Waals surface area contributed by atoms with Crippen molar-refractivity contribution in [3.8, 4) is 12.3 Å². The average Bonchev–Trinajstić information content (AvgIpc) is 2.90. The lowest BCUT2D eigenvalue weighted by Gasteiger charge is -2.32. The second kappa shape index (κ2) is 6.39. The second-order valence-corrected chi connectivity index (χ2v) is 6.44. The zero-order valence-electron chi connectivity index (χ0n) is 13.1. The van der Waals surface area contributed by atoms with Gasteiger partial charge in [-0.2, -0.15) is 0 Å². The molecule has 22 heavy (non-hydrogen) atoms. The van der Waals surface area contributed by atoms with Gasteiger partial charge in [-0.1, -0.05) is 25.7 Å². The van der Waals surface area contributed by atoms with Gasteiger partial charge >= 0.3 is 0 Å². The van der Waals surface area contributed by atoms with Crippen LogP contribution in [-0.2, 0) is 0 Å². The number of carbonyl (C=O) groups excluding carboxylic acids is 1. The molecule has 0 aromatic carbocycles. The number of nitrogens with zero attached hydrogens (tertiary/aromatic N) is 2.